The summed E-state index contributed by atoms with van der Waals surface area (Å²) in [5.41, 5.74) is 1.25. The zero-order chi connectivity index (χ0) is 13.3. The van der Waals surface area contributed by atoms with Crippen LogP contribution in [0.1, 0.15) is 72.1 Å². The Bertz CT molecular complexity index is 235. The Kier molecular flexibility index (Phi) is 7.88. The first-order valence-corrected chi connectivity index (χ1v) is 8.56. The first-order chi connectivity index (χ1) is 8.68. The minimum Gasteiger partial charge on any atom is -0.501 e. The summed E-state index contributed by atoms with van der Waals surface area (Å²) in [6, 6.07) is 0. The van der Waals surface area contributed by atoms with Gasteiger partial charge in [0.1, 0.15) is 0 Å². The van der Waals surface area contributed by atoms with E-state index < -0.39 is 0 Å². The van der Waals surface area contributed by atoms with Crippen molar-refractivity contribution in [3.63, 3.8) is 0 Å². The third-order valence-electron chi connectivity index (χ3n) is 3.79. The van der Waals surface area contributed by atoms with Gasteiger partial charge in [-0.25, -0.2) is 0 Å². The average molecular weight is 270 g/mol. The normalized spacial score (nSPS) is 25.1. The summed E-state index contributed by atoms with van der Waals surface area (Å²) in [5.74, 6) is 1.36. The van der Waals surface area contributed by atoms with Crippen LogP contribution >= 0.6 is 11.8 Å². The van der Waals surface area contributed by atoms with Crippen LogP contribution in [0.25, 0.3) is 0 Å². The zero-order valence-corrected chi connectivity index (χ0v) is 13.3. The molecule has 0 aliphatic carbocycles. The Morgan fingerprint density at radius 1 is 1.22 bits per heavy atom. The van der Waals surface area contributed by atoms with E-state index in [1.54, 1.807) is 0 Å². The van der Waals surface area contributed by atoms with Crippen molar-refractivity contribution < 1.29 is 4.74 Å². The van der Waals surface area contributed by atoms with E-state index in [2.05, 4.69) is 32.5 Å². The van der Waals surface area contributed by atoms with Gasteiger partial charge in [-0.05, 0) is 57.3 Å². The largest absolute Gasteiger partial charge is 0.501 e. The van der Waals surface area contributed by atoms with Crippen LogP contribution in [-0.4, -0.2) is 17.1 Å². The molecule has 0 bridgehead atoms. The highest BCUT2D eigenvalue weighted by atomic mass is 32.2. The molecule has 1 heterocycles. The molecule has 18 heavy (non-hydrogen) atoms. The Morgan fingerprint density at radius 2 is 2.00 bits per heavy atom. The van der Waals surface area contributed by atoms with Crippen LogP contribution in [0.3, 0.4) is 0 Å². The first kappa shape index (κ1) is 15.9. The molecule has 1 saturated heterocycles. The van der Waals surface area contributed by atoms with Crippen molar-refractivity contribution in [1.29, 1.82) is 0 Å². The lowest BCUT2D eigenvalue weighted by Gasteiger charge is -2.34. The van der Waals surface area contributed by atoms with Gasteiger partial charge in [0.15, 0.2) is 0 Å². The molecule has 1 nitrogen and oxygen atoms in total. The van der Waals surface area contributed by atoms with Gasteiger partial charge < -0.3 is 4.74 Å². The summed E-state index contributed by atoms with van der Waals surface area (Å²) < 4.78 is 6.11. The molecule has 0 spiro atoms. The maximum Gasteiger partial charge on any atom is 0.0873 e. The molecule has 1 fully saturated rings. The predicted octanol–water partition coefficient (Wildman–Crippen LogP) is 5.55. The van der Waals surface area contributed by atoms with Crippen molar-refractivity contribution in [3.05, 3.63) is 11.8 Å². The van der Waals surface area contributed by atoms with Crippen LogP contribution in [0, 0.1) is 0 Å². The van der Waals surface area contributed by atoms with Gasteiger partial charge >= 0.3 is 0 Å². The fourth-order valence-corrected chi connectivity index (χ4v) is 4.18. The fraction of sp³-hybridized carbons (Fsp3) is 0.875. The van der Waals surface area contributed by atoms with Crippen molar-refractivity contribution in [2.75, 3.05) is 12.4 Å². The van der Waals surface area contributed by atoms with Gasteiger partial charge in [-0.2, -0.15) is 11.8 Å². The Hall–Kier alpha value is -0.110. The second kappa shape index (κ2) is 8.90. The molecule has 0 radical (unpaired) electrons. The molecule has 0 saturated carbocycles. The molecule has 1 unspecified atom stereocenters. The molecule has 0 aromatic rings. The van der Waals surface area contributed by atoms with Crippen molar-refractivity contribution in [2.45, 2.75) is 76.9 Å². The first-order valence-electron chi connectivity index (χ1n) is 7.57. The van der Waals surface area contributed by atoms with E-state index in [1.807, 2.05) is 6.26 Å². The minimum atomic E-state index is 0.550. The third kappa shape index (κ3) is 6.17. The molecule has 0 aromatic heterocycles. The quantitative estimate of drug-likeness (QED) is 0.462. The maximum atomic E-state index is 5.56. The molecular formula is C16H30OS. The monoisotopic (exact) mass is 270 g/mol. The zero-order valence-electron chi connectivity index (χ0n) is 12.5. The number of hydrogen-bond donors (Lipinski definition) is 0. The highest BCUT2D eigenvalue weighted by molar-refractivity contribution is 8.00. The molecule has 106 valence electrons. The van der Waals surface area contributed by atoms with E-state index in [-0.39, 0.29) is 0 Å². The van der Waals surface area contributed by atoms with Crippen LogP contribution in [0.15, 0.2) is 11.8 Å². The van der Waals surface area contributed by atoms with Crippen LogP contribution in [0.4, 0.5) is 0 Å². The standard InChI is InChI=1S/C16H30OS/c1-4-16(10-7-5-6-8-13-18-16)11-9-12-17-14-15(2)3/h14H,4-13H2,1-3H3. The smallest absolute Gasteiger partial charge is 0.0873 e. The van der Waals surface area contributed by atoms with E-state index in [0.29, 0.717) is 4.75 Å². The van der Waals surface area contributed by atoms with Crippen molar-refractivity contribution in [2.24, 2.45) is 0 Å². The molecule has 0 aromatic carbocycles. The second-order valence-electron chi connectivity index (χ2n) is 5.72. The van der Waals surface area contributed by atoms with Gasteiger partial charge in [0, 0.05) is 4.75 Å². The van der Waals surface area contributed by atoms with Crippen LogP contribution in [-0.2, 0) is 4.74 Å². The number of hydrogen-bond acceptors (Lipinski definition) is 2. The summed E-state index contributed by atoms with van der Waals surface area (Å²) in [5, 5.41) is 0. The van der Waals surface area contributed by atoms with E-state index >= 15 is 0 Å². The predicted molar refractivity (Wildman–Crippen MR) is 83.2 cm³/mol. The van der Waals surface area contributed by atoms with Crippen LogP contribution in [0.5, 0.6) is 0 Å². The maximum absolute atomic E-state index is 5.56. The SMILES string of the molecule is CCC1(CCCOC=C(C)C)CCCCCCS1. The Morgan fingerprint density at radius 3 is 2.72 bits per heavy atom. The summed E-state index contributed by atoms with van der Waals surface area (Å²) in [6.07, 6.45) is 12.9. The lowest BCUT2D eigenvalue weighted by molar-refractivity contribution is 0.231. The Labute approximate surface area is 118 Å². The lowest BCUT2D eigenvalue weighted by atomic mass is 9.92. The summed E-state index contributed by atoms with van der Waals surface area (Å²) in [4.78, 5) is 0. The molecule has 1 atom stereocenters. The van der Waals surface area contributed by atoms with Crippen LogP contribution < -0.4 is 0 Å². The van der Waals surface area contributed by atoms with E-state index in [4.69, 9.17) is 4.74 Å². The van der Waals surface area contributed by atoms with Crippen molar-refractivity contribution in [1.82, 2.24) is 0 Å². The van der Waals surface area contributed by atoms with Gasteiger partial charge in [0.25, 0.3) is 0 Å². The lowest BCUT2D eigenvalue weighted by Crippen LogP contribution is -2.26. The highest BCUT2D eigenvalue weighted by Crippen LogP contribution is 2.40. The fourth-order valence-electron chi connectivity index (χ4n) is 2.62. The minimum absolute atomic E-state index is 0.550. The van der Waals surface area contributed by atoms with Gasteiger partial charge in [-0.3, -0.25) is 0 Å². The molecular weight excluding hydrogens is 240 g/mol. The summed E-state index contributed by atoms with van der Waals surface area (Å²) >= 11 is 2.24. The number of allylic oxidation sites excluding steroid dienone is 1. The van der Waals surface area contributed by atoms with Crippen LogP contribution in [0.2, 0.25) is 0 Å². The van der Waals surface area contributed by atoms with Gasteiger partial charge in [0.2, 0.25) is 0 Å². The molecule has 0 amide bonds. The van der Waals surface area contributed by atoms with E-state index in [0.717, 1.165) is 6.61 Å². The van der Waals surface area contributed by atoms with Gasteiger partial charge in [-0.15, -0.1) is 0 Å². The van der Waals surface area contributed by atoms with Crippen molar-refractivity contribution in [3.8, 4) is 0 Å². The molecule has 0 N–H and O–H groups in total. The molecule has 1 aliphatic rings. The number of rotatable bonds is 6. The van der Waals surface area contributed by atoms with Gasteiger partial charge in [0.05, 0.1) is 12.9 Å². The number of ether oxygens (including phenoxy) is 1. The molecule has 1 rings (SSSR count). The summed E-state index contributed by atoms with van der Waals surface area (Å²) in [6.45, 7) is 7.41. The number of thioether (sulfide) groups is 1. The average Bonchev–Trinajstić information content (AvgIpc) is 2.31. The molecule has 1 aliphatic heterocycles. The van der Waals surface area contributed by atoms with Crippen molar-refractivity contribution >= 4 is 11.8 Å². The third-order valence-corrected chi connectivity index (χ3v) is 5.60. The topological polar surface area (TPSA) is 9.23 Å². The Balaban J connectivity index is 2.31. The van der Waals surface area contributed by atoms with E-state index in [9.17, 15) is 0 Å². The second-order valence-corrected chi connectivity index (χ2v) is 7.28. The van der Waals surface area contributed by atoms with Gasteiger partial charge in [-0.1, -0.05) is 26.2 Å². The summed E-state index contributed by atoms with van der Waals surface area (Å²) in [7, 11) is 0. The molecule has 2 heteroatoms. The highest BCUT2D eigenvalue weighted by Gasteiger charge is 2.28. The van der Waals surface area contributed by atoms with E-state index in [1.165, 1.54) is 62.7 Å².